The van der Waals surface area contributed by atoms with E-state index >= 15 is 0 Å². The molecule has 4 heteroatoms. The second-order valence-corrected chi connectivity index (χ2v) is 14.9. The summed E-state index contributed by atoms with van der Waals surface area (Å²) in [6.07, 6.45) is 6.66. The number of aromatic nitrogens is 3. The zero-order valence-electron chi connectivity index (χ0n) is 27.2. The van der Waals surface area contributed by atoms with Crippen LogP contribution in [0.3, 0.4) is 0 Å². The topological polar surface area (TPSA) is 62.5 Å². The third kappa shape index (κ3) is 4.59. The van der Waals surface area contributed by atoms with Gasteiger partial charge in [-0.05, 0) is 101 Å². The molecule has 2 bridgehead atoms. The summed E-state index contributed by atoms with van der Waals surface area (Å²) < 4.78 is 0. The van der Waals surface area contributed by atoms with Crippen molar-refractivity contribution in [3.8, 4) is 51.4 Å². The molecule has 4 atom stereocenters. The van der Waals surface area contributed by atoms with E-state index in [0.29, 0.717) is 28.6 Å². The van der Waals surface area contributed by atoms with E-state index in [1.165, 1.54) is 54.4 Å². The van der Waals surface area contributed by atoms with E-state index in [2.05, 4.69) is 70.2 Å². The number of benzene rings is 4. The maximum absolute atomic E-state index is 9.88. The molecule has 0 spiro atoms. The Labute approximate surface area is 272 Å². The van der Waals surface area contributed by atoms with Crippen LogP contribution in [0, 0.1) is 29.1 Å². The van der Waals surface area contributed by atoms with Gasteiger partial charge in [0.05, 0.1) is 11.6 Å². The molecule has 3 aliphatic carbocycles. The van der Waals surface area contributed by atoms with Crippen LogP contribution in [0.15, 0.2) is 91.0 Å². The van der Waals surface area contributed by atoms with Crippen molar-refractivity contribution in [3.05, 3.63) is 113 Å². The molecule has 4 nitrogen and oxygen atoms in total. The first kappa shape index (κ1) is 28.8. The lowest BCUT2D eigenvalue weighted by Gasteiger charge is -2.51. The van der Waals surface area contributed by atoms with Crippen molar-refractivity contribution in [2.24, 2.45) is 17.8 Å². The van der Waals surface area contributed by atoms with Gasteiger partial charge in [0, 0.05) is 22.1 Å². The molecule has 1 aromatic heterocycles. The minimum Gasteiger partial charge on any atom is -0.208 e. The van der Waals surface area contributed by atoms with Gasteiger partial charge in [0.25, 0.3) is 0 Å². The van der Waals surface area contributed by atoms with Crippen molar-refractivity contribution in [1.82, 2.24) is 15.0 Å². The molecule has 5 aromatic rings. The highest BCUT2D eigenvalue weighted by atomic mass is 15.0. The van der Waals surface area contributed by atoms with Crippen molar-refractivity contribution in [3.63, 3.8) is 0 Å². The Morgan fingerprint density at radius 1 is 0.630 bits per heavy atom. The Bertz CT molecular complexity index is 2000. The summed E-state index contributed by atoms with van der Waals surface area (Å²) in [5.41, 5.74) is 10.4. The molecule has 4 aromatic carbocycles. The molecule has 0 N–H and O–H groups in total. The van der Waals surface area contributed by atoms with Gasteiger partial charge in [-0.3, -0.25) is 0 Å². The maximum atomic E-state index is 9.88. The molecule has 1 unspecified atom stereocenters. The fraction of sp³-hybridized carbons (Fsp3) is 0.333. The molecular formula is C42H40N4. The minimum absolute atomic E-state index is 0.154. The quantitative estimate of drug-likeness (QED) is 0.206. The molecule has 0 aliphatic heterocycles. The summed E-state index contributed by atoms with van der Waals surface area (Å²) in [6, 6.07) is 33.8. The van der Waals surface area contributed by atoms with Crippen LogP contribution in [0.25, 0.3) is 45.3 Å². The molecule has 0 amide bonds. The number of fused-ring (bicyclic) bond motifs is 5. The van der Waals surface area contributed by atoms with E-state index in [-0.39, 0.29) is 10.8 Å². The van der Waals surface area contributed by atoms with Crippen molar-refractivity contribution in [1.29, 1.82) is 5.26 Å². The van der Waals surface area contributed by atoms with E-state index in [1.807, 2.05) is 54.6 Å². The van der Waals surface area contributed by atoms with Crippen LogP contribution in [0.2, 0.25) is 0 Å². The van der Waals surface area contributed by atoms with Gasteiger partial charge in [0.2, 0.25) is 0 Å². The zero-order valence-corrected chi connectivity index (χ0v) is 27.2. The van der Waals surface area contributed by atoms with Gasteiger partial charge in [-0.25, -0.2) is 15.0 Å². The van der Waals surface area contributed by atoms with E-state index in [1.54, 1.807) is 5.56 Å². The van der Waals surface area contributed by atoms with Gasteiger partial charge >= 0.3 is 0 Å². The van der Waals surface area contributed by atoms with Crippen molar-refractivity contribution < 1.29 is 0 Å². The molecule has 228 valence electrons. The Kier molecular flexibility index (Phi) is 6.73. The van der Waals surface area contributed by atoms with Crippen molar-refractivity contribution in [2.45, 2.75) is 70.6 Å². The van der Waals surface area contributed by atoms with Crippen molar-refractivity contribution >= 4 is 0 Å². The van der Waals surface area contributed by atoms with Crippen LogP contribution in [-0.4, -0.2) is 15.0 Å². The highest BCUT2D eigenvalue weighted by Gasteiger charge is 2.48. The van der Waals surface area contributed by atoms with Crippen LogP contribution in [-0.2, 0) is 10.8 Å². The van der Waals surface area contributed by atoms with Gasteiger partial charge in [0.1, 0.15) is 0 Å². The zero-order chi connectivity index (χ0) is 31.6. The number of nitrogens with zero attached hydrogens (tertiary/aromatic N) is 4. The molecule has 2 saturated carbocycles. The Balaban J connectivity index is 1.29. The fourth-order valence-corrected chi connectivity index (χ4v) is 9.52. The van der Waals surface area contributed by atoms with Gasteiger partial charge in [0.15, 0.2) is 17.5 Å². The first-order valence-corrected chi connectivity index (χ1v) is 16.9. The smallest absolute Gasteiger partial charge is 0.165 e. The lowest BCUT2D eigenvalue weighted by molar-refractivity contribution is 0.0783. The first-order valence-electron chi connectivity index (χ1n) is 16.9. The van der Waals surface area contributed by atoms with Gasteiger partial charge in [-0.15, -0.1) is 0 Å². The van der Waals surface area contributed by atoms with Gasteiger partial charge in [-0.2, -0.15) is 5.26 Å². The summed E-state index contributed by atoms with van der Waals surface area (Å²) in [7, 11) is 0. The third-order valence-electron chi connectivity index (χ3n) is 11.1. The van der Waals surface area contributed by atoms with E-state index in [9.17, 15) is 5.26 Å². The molecule has 0 radical (unpaired) electrons. The van der Waals surface area contributed by atoms with Crippen LogP contribution in [0.1, 0.15) is 82.1 Å². The number of hydrogen-bond donors (Lipinski definition) is 0. The summed E-state index contributed by atoms with van der Waals surface area (Å²) in [6.45, 7) is 9.70. The largest absolute Gasteiger partial charge is 0.208 e. The maximum Gasteiger partial charge on any atom is 0.165 e. The molecule has 8 rings (SSSR count). The normalized spacial score (nSPS) is 24.1. The summed E-state index contributed by atoms with van der Waals surface area (Å²) in [4.78, 5) is 14.9. The molecule has 46 heavy (non-hydrogen) atoms. The second kappa shape index (κ2) is 10.7. The average Bonchev–Trinajstić information content (AvgIpc) is 3.30. The lowest BCUT2D eigenvalue weighted by Crippen LogP contribution is -2.42. The monoisotopic (exact) mass is 600 g/mol. The number of rotatable bonds is 4. The van der Waals surface area contributed by atoms with Crippen LogP contribution >= 0.6 is 0 Å². The summed E-state index contributed by atoms with van der Waals surface area (Å²) >= 11 is 0. The van der Waals surface area contributed by atoms with E-state index in [0.717, 1.165) is 28.9 Å². The first-order chi connectivity index (χ1) is 22.3. The van der Waals surface area contributed by atoms with Gasteiger partial charge in [-0.1, -0.05) is 100 Å². The highest BCUT2D eigenvalue weighted by Crippen LogP contribution is 2.59. The Morgan fingerprint density at radius 2 is 1.28 bits per heavy atom. The number of nitriles is 1. The molecule has 0 saturated heterocycles. The SMILES string of the molecule is C[C@@H]1C[C@@H]2C[C@H](C)CC(c3cccc4c3-c3ccc(-c5nc(-c6ccccc6)nc(-c6ccccc6C#N)n5)cc3C4(C)C)(C1)C2. The van der Waals surface area contributed by atoms with E-state index < -0.39 is 0 Å². The number of hydrogen-bond acceptors (Lipinski definition) is 4. The Morgan fingerprint density at radius 3 is 2.02 bits per heavy atom. The van der Waals surface area contributed by atoms with Crippen LogP contribution in [0.5, 0.6) is 0 Å². The Hall–Kier alpha value is -4.62. The summed E-state index contributed by atoms with van der Waals surface area (Å²) in [5.74, 6) is 4.10. The lowest BCUT2D eigenvalue weighted by atomic mass is 9.53. The minimum atomic E-state index is -0.154. The standard InChI is InChI=1S/C42H40N4/c1-26-19-28-20-27(2)23-42(22-26,24-28)35-16-10-15-34-37(35)33-18-17-30(21-36(33)41(34,3)4)39-44-38(29-11-6-5-7-12-29)45-40(46-39)32-14-9-8-13-31(32)25-43/h5-18,21,26-28H,19-20,22-24H2,1-4H3/t26-,27+,28-,42?. The third-order valence-corrected chi connectivity index (χ3v) is 11.1. The average molecular weight is 601 g/mol. The molecular weight excluding hydrogens is 560 g/mol. The summed E-state index contributed by atoms with van der Waals surface area (Å²) in [5, 5.41) is 9.88. The van der Waals surface area contributed by atoms with Gasteiger partial charge < -0.3 is 0 Å². The van der Waals surface area contributed by atoms with Crippen LogP contribution in [0.4, 0.5) is 0 Å². The van der Waals surface area contributed by atoms with Crippen LogP contribution < -0.4 is 0 Å². The molecule has 3 aliphatic rings. The predicted molar refractivity (Wildman–Crippen MR) is 185 cm³/mol. The molecule has 1 heterocycles. The molecule has 2 fully saturated rings. The predicted octanol–water partition coefficient (Wildman–Crippen LogP) is 10.2. The highest BCUT2D eigenvalue weighted by molar-refractivity contribution is 5.86. The van der Waals surface area contributed by atoms with Crippen molar-refractivity contribution in [2.75, 3.05) is 0 Å². The van der Waals surface area contributed by atoms with E-state index in [4.69, 9.17) is 15.0 Å². The second-order valence-electron chi connectivity index (χ2n) is 14.9. The fourth-order valence-electron chi connectivity index (χ4n) is 9.52.